The molecule has 6 heteroatoms. The summed E-state index contributed by atoms with van der Waals surface area (Å²) in [5, 5.41) is 20.7. The van der Waals surface area contributed by atoms with Gasteiger partial charge in [-0.25, -0.2) is 4.79 Å². The van der Waals surface area contributed by atoms with Crippen LogP contribution in [0.2, 0.25) is 0 Å². The van der Waals surface area contributed by atoms with E-state index in [0.29, 0.717) is 18.4 Å². The zero-order chi connectivity index (χ0) is 20.7. The van der Waals surface area contributed by atoms with Gasteiger partial charge >= 0.3 is 11.9 Å². The quantitative estimate of drug-likeness (QED) is 0.434. The lowest BCUT2D eigenvalue weighted by atomic mass is 9.46. The monoisotopic (exact) mass is 392 g/mol. The fraction of sp³-hybridized carbons (Fsp3) is 0.727. The van der Waals surface area contributed by atoms with E-state index in [9.17, 15) is 19.8 Å². The Balaban J connectivity index is 1.87. The molecule has 0 aromatic heterocycles. The molecule has 156 valence electrons. The van der Waals surface area contributed by atoms with E-state index in [1.165, 1.54) is 6.92 Å². The molecule has 3 aliphatic rings. The van der Waals surface area contributed by atoms with Crippen molar-refractivity contribution >= 4 is 11.9 Å². The molecule has 3 fully saturated rings. The third kappa shape index (κ3) is 3.41. The summed E-state index contributed by atoms with van der Waals surface area (Å²) in [5.74, 6) is -0.581. The maximum Gasteiger partial charge on any atom is 0.337 e. The number of hydrogen-bond donors (Lipinski definition) is 2. The summed E-state index contributed by atoms with van der Waals surface area (Å²) in [5.41, 5.74) is 0.881. The van der Waals surface area contributed by atoms with E-state index in [2.05, 4.69) is 13.5 Å². The van der Waals surface area contributed by atoms with Crippen molar-refractivity contribution < 1.29 is 29.3 Å². The van der Waals surface area contributed by atoms with Crippen LogP contribution >= 0.6 is 0 Å². The highest BCUT2D eigenvalue weighted by atomic mass is 16.6. The predicted octanol–water partition coefficient (Wildman–Crippen LogP) is 2.53. The number of aliphatic hydroxyl groups is 2. The van der Waals surface area contributed by atoms with Crippen LogP contribution in [0, 0.1) is 22.7 Å². The van der Waals surface area contributed by atoms with Crippen molar-refractivity contribution in [3.05, 3.63) is 23.8 Å². The van der Waals surface area contributed by atoms with Crippen LogP contribution in [0.4, 0.5) is 0 Å². The number of ether oxygens (including phenoxy) is 2. The third-order valence-corrected chi connectivity index (χ3v) is 7.52. The van der Waals surface area contributed by atoms with Crippen LogP contribution < -0.4 is 0 Å². The van der Waals surface area contributed by atoms with Gasteiger partial charge in [-0.15, -0.1) is 0 Å². The fourth-order valence-electron chi connectivity index (χ4n) is 5.85. The van der Waals surface area contributed by atoms with Crippen molar-refractivity contribution in [3.8, 4) is 0 Å². The molecule has 0 spiro atoms. The molecule has 0 aromatic rings. The second kappa shape index (κ2) is 7.64. The van der Waals surface area contributed by atoms with E-state index in [0.717, 1.165) is 24.8 Å². The van der Waals surface area contributed by atoms with Crippen molar-refractivity contribution in [2.24, 2.45) is 22.7 Å². The fourth-order valence-corrected chi connectivity index (χ4v) is 5.85. The Labute approximate surface area is 166 Å². The largest absolute Gasteiger partial charge is 0.458 e. The molecule has 0 radical (unpaired) electrons. The molecule has 2 aliphatic carbocycles. The van der Waals surface area contributed by atoms with E-state index in [1.54, 1.807) is 0 Å². The molecule has 28 heavy (non-hydrogen) atoms. The Morgan fingerprint density at radius 2 is 2.11 bits per heavy atom. The minimum Gasteiger partial charge on any atom is -0.458 e. The second-order valence-electron chi connectivity index (χ2n) is 9.12. The summed E-state index contributed by atoms with van der Waals surface area (Å²) >= 11 is 0. The minimum absolute atomic E-state index is 0.0461. The van der Waals surface area contributed by atoms with Gasteiger partial charge in [0.2, 0.25) is 0 Å². The second-order valence-corrected chi connectivity index (χ2v) is 9.12. The molecule has 0 amide bonds. The average Bonchev–Trinajstić information content (AvgIpc) is 2.97. The van der Waals surface area contributed by atoms with Gasteiger partial charge in [0.25, 0.3) is 0 Å². The van der Waals surface area contributed by atoms with E-state index in [4.69, 9.17) is 9.47 Å². The maximum absolute atomic E-state index is 12.1. The normalized spacial score (nSPS) is 42.2. The number of allylic oxidation sites excluding steroid dienone is 2. The number of carbonyl (C=O) groups excluding carboxylic acids is 2. The molecule has 0 aromatic carbocycles. The first kappa shape index (κ1) is 21.1. The first-order valence-corrected chi connectivity index (χ1v) is 10.1. The summed E-state index contributed by atoms with van der Waals surface area (Å²) in [6.45, 7) is 9.84. The van der Waals surface area contributed by atoms with Crippen LogP contribution in [0.5, 0.6) is 0 Å². The SMILES string of the molecule is C=C1CCC2[C@](C)(CO)[C@H](O)CC[C@]2(C)[C@H]1CC=C1C(=O)OC[C@H]1OC(C)=O. The molecule has 6 nitrogen and oxygen atoms in total. The first-order chi connectivity index (χ1) is 13.1. The molecule has 1 aliphatic heterocycles. The standard InChI is InChI=1S/C22H32O6/c1-13-5-8-18-21(3,10-9-19(25)22(18,4)12-23)16(13)7-6-15-17(28-14(2)24)11-27-20(15)26/h6,16-19,23,25H,1,5,7-12H2,2-4H3/t16-,17+,18?,19+,21+,22-/m0/s1. The smallest absolute Gasteiger partial charge is 0.337 e. The maximum atomic E-state index is 12.1. The molecule has 1 heterocycles. The number of aliphatic hydroxyl groups excluding tert-OH is 2. The van der Waals surface area contributed by atoms with E-state index in [-0.39, 0.29) is 30.5 Å². The topological polar surface area (TPSA) is 93.1 Å². The van der Waals surface area contributed by atoms with Crippen LogP contribution in [-0.4, -0.2) is 47.6 Å². The summed E-state index contributed by atoms with van der Waals surface area (Å²) in [6, 6.07) is 0. The van der Waals surface area contributed by atoms with Gasteiger partial charge in [-0.05, 0) is 49.4 Å². The van der Waals surface area contributed by atoms with Gasteiger partial charge in [-0.2, -0.15) is 0 Å². The number of carbonyl (C=O) groups is 2. The van der Waals surface area contributed by atoms with Crippen molar-refractivity contribution in [1.82, 2.24) is 0 Å². The highest BCUT2D eigenvalue weighted by Crippen LogP contribution is 2.61. The van der Waals surface area contributed by atoms with Gasteiger partial charge in [0.05, 0.1) is 18.3 Å². The number of fused-ring (bicyclic) bond motifs is 1. The molecule has 2 N–H and O–H groups in total. The molecular weight excluding hydrogens is 360 g/mol. The summed E-state index contributed by atoms with van der Waals surface area (Å²) < 4.78 is 10.3. The Bertz CT molecular complexity index is 697. The predicted molar refractivity (Wildman–Crippen MR) is 103 cm³/mol. The van der Waals surface area contributed by atoms with Crippen molar-refractivity contribution in [3.63, 3.8) is 0 Å². The summed E-state index contributed by atoms with van der Waals surface area (Å²) in [4.78, 5) is 23.4. The summed E-state index contributed by atoms with van der Waals surface area (Å²) in [6.07, 6.45) is 4.50. The molecule has 3 rings (SSSR count). The molecule has 1 unspecified atom stereocenters. The molecule has 0 bridgehead atoms. The van der Waals surface area contributed by atoms with Crippen molar-refractivity contribution in [1.29, 1.82) is 0 Å². The van der Waals surface area contributed by atoms with Crippen LogP contribution in [0.25, 0.3) is 0 Å². The lowest BCUT2D eigenvalue weighted by molar-refractivity contribution is -0.151. The van der Waals surface area contributed by atoms with Crippen LogP contribution in [0.15, 0.2) is 23.8 Å². The number of esters is 2. The first-order valence-electron chi connectivity index (χ1n) is 10.1. The minimum atomic E-state index is -0.652. The molecular formula is C22H32O6. The Hall–Kier alpha value is -1.66. The average molecular weight is 392 g/mol. The third-order valence-electron chi connectivity index (χ3n) is 7.52. The molecule has 1 saturated heterocycles. The van der Waals surface area contributed by atoms with Crippen LogP contribution in [-0.2, 0) is 19.1 Å². The van der Waals surface area contributed by atoms with Gasteiger partial charge in [0, 0.05) is 12.3 Å². The van der Waals surface area contributed by atoms with Gasteiger partial charge in [0.1, 0.15) is 6.61 Å². The highest BCUT2D eigenvalue weighted by molar-refractivity contribution is 5.92. The van der Waals surface area contributed by atoms with Gasteiger partial charge in [-0.1, -0.05) is 32.1 Å². The Kier molecular flexibility index (Phi) is 5.74. The lowest BCUT2D eigenvalue weighted by Gasteiger charge is -2.59. The van der Waals surface area contributed by atoms with Gasteiger partial charge < -0.3 is 19.7 Å². The van der Waals surface area contributed by atoms with Gasteiger partial charge in [0.15, 0.2) is 6.10 Å². The Morgan fingerprint density at radius 1 is 1.39 bits per heavy atom. The molecule has 2 saturated carbocycles. The van der Waals surface area contributed by atoms with Crippen molar-refractivity contribution in [2.75, 3.05) is 13.2 Å². The van der Waals surface area contributed by atoms with Crippen molar-refractivity contribution in [2.45, 2.75) is 65.1 Å². The zero-order valence-corrected chi connectivity index (χ0v) is 17.1. The number of cyclic esters (lactones) is 1. The Morgan fingerprint density at radius 3 is 2.75 bits per heavy atom. The van der Waals surface area contributed by atoms with Crippen LogP contribution in [0.3, 0.4) is 0 Å². The molecule has 6 atom stereocenters. The van der Waals surface area contributed by atoms with Crippen LogP contribution in [0.1, 0.15) is 52.9 Å². The van der Waals surface area contributed by atoms with E-state index >= 15 is 0 Å². The number of hydrogen-bond acceptors (Lipinski definition) is 6. The van der Waals surface area contributed by atoms with Gasteiger partial charge in [-0.3, -0.25) is 4.79 Å². The number of rotatable bonds is 4. The zero-order valence-electron chi connectivity index (χ0n) is 17.1. The highest BCUT2D eigenvalue weighted by Gasteiger charge is 2.57. The van der Waals surface area contributed by atoms with E-state index in [1.807, 2.05) is 13.0 Å². The summed E-state index contributed by atoms with van der Waals surface area (Å²) in [7, 11) is 0. The lowest BCUT2D eigenvalue weighted by Crippen LogP contribution is -2.57. The van der Waals surface area contributed by atoms with E-state index < -0.39 is 29.6 Å².